The third-order valence-electron chi connectivity index (χ3n) is 8.85. The van der Waals surface area contributed by atoms with Gasteiger partial charge in [-0.25, -0.2) is 4.79 Å². The highest BCUT2D eigenvalue weighted by molar-refractivity contribution is 7.32. The van der Waals surface area contributed by atoms with Crippen molar-refractivity contribution in [3.05, 3.63) is 33.1 Å². The van der Waals surface area contributed by atoms with E-state index in [0.29, 0.717) is 25.8 Å². The van der Waals surface area contributed by atoms with E-state index in [1.807, 2.05) is 0 Å². The molecular formula is C35H61N3O11P+. The molecule has 1 fully saturated rings. The number of nitrogens with zero attached hydrogens (tertiary/aromatic N) is 1. The molecule has 15 heteroatoms. The lowest BCUT2D eigenvalue weighted by Crippen LogP contribution is -2.40. The van der Waals surface area contributed by atoms with Crippen LogP contribution in [-0.4, -0.2) is 76.1 Å². The Hall–Kier alpha value is -2.48. The van der Waals surface area contributed by atoms with Gasteiger partial charge in [-0.05, 0) is 19.3 Å². The summed E-state index contributed by atoms with van der Waals surface area (Å²) in [6.07, 6.45) is 18.9. The molecule has 1 aliphatic rings. The van der Waals surface area contributed by atoms with Gasteiger partial charge in [-0.15, -0.1) is 9.42 Å². The number of amides is 1. The fourth-order valence-corrected chi connectivity index (χ4v) is 6.52. The molecule has 0 saturated carbocycles. The number of aliphatic hydroxyl groups excluding tert-OH is 1. The first-order valence-corrected chi connectivity index (χ1v) is 19.8. The zero-order chi connectivity index (χ0) is 36.4. The van der Waals surface area contributed by atoms with E-state index < -0.39 is 50.7 Å². The van der Waals surface area contributed by atoms with Gasteiger partial charge < -0.3 is 24.6 Å². The third kappa shape index (κ3) is 18.7. The Kier molecular flexibility index (Phi) is 23.8. The molecule has 1 amide bonds. The number of aromatic nitrogens is 2. The van der Waals surface area contributed by atoms with Crippen molar-refractivity contribution in [2.45, 2.75) is 160 Å². The predicted molar refractivity (Wildman–Crippen MR) is 189 cm³/mol. The van der Waals surface area contributed by atoms with E-state index in [1.54, 1.807) is 0 Å². The summed E-state index contributed by atoms with van der Waals surface area (Å²) >= 11 is 0. The number of unbranched alkanes of at least 4 members (excludes halogenated alkanes) is 17. The Bertz CT molecular complexity index is 1210. The Morgan fingerprint density at radius 2 is 1.46 bits per heavy atom. The van der Waals surface area contributed by atoms with Crippen LogP contribution in [0.2, 0.25) is 0 Å². The Morgan fingerprint density at radius 1 is 0.880 bits per heavy atom. The van der Waals surface area contributed by atoms with Crippen molar-refractivity contribution in [3.8, 4) is 0 Å². The van der Waals surface area contributed by atoms with E-state index in [-0.39, 0.29) is 25.1 Å². The number of carbonyl (C=O) groups excluding carboxylic acids is 2. The van der Waals surface area contributed by atoms with Crippen molar-refractivity contribution in [2.75, 3.05) is 26.4 Å². The van der Waals surface area contributed by atoms with Crippen LogP contribution in [0.25, 0.3) is 0 Å². The van der Waals surface area contributed by atoms with Gasteiger partial charge in [-0.1, -0.05) is 110 Å². The molecule has 14 nitrogen and oxygen atoms in total. The summed E-state index contributed by atoms with van der Waals surface area (Å²) in [6, 6.07) is 1.13. The molecule has 2 rings (SSSR count). The van der Waals surface area contributed by atoms with Crippen molar-refractivity contribution in [2.24, 2.45) is 0 Å². The number of rotatable bonds is 30. The highest BCUT2D eigenvalue weighted by atomic mass is 31.1. The minimum absolute atomic E-state index is 0.199. The van der Waals surface area contributed by atoms with E-state index in [2.05, 4.69) is 17.2 Å². The number of carbonyl (C=O) groups is 2. The molecule has 0 radical (unpaired) electrons. The molecule has 50 heavy (non-hydrogen) atoms. The molecule has 0 aromatic carbocycles. The number of aromatic amines is 1. The fourth-order valence-electron chi connectivity index (χ4n) is 6.05. The highest BCUT2D eigenvalue weighted by Gasteiger charge is 2.51. The highest BCUT2D eigenvalue weighted by Crippen LogP contribution is 2.37. The van der Waals surface area contributed by atoms with Gasteiger partial charge in [-0.2, -0.15) is 0 Å². The average molecular weight is 731 g/mol. The molecule has 1 aromatic heterocycles. The summed E-state index contributed by atoms with van der Waals surface area (Å²) in [5.74, 6) is -0.686. The molecule has 0 bridgehead atoms. The zero-order valence-corrected chi connectivity index (χ0v) is 30.8. The second-order valence-electron chi connectivity index (χ2n) is 13.0. The number of hydrogen-bond acceptors (Lipinski definition) is 10. The van der Waals surface area contributed by atoms with Crippen LogP contribution in [0.5, 0.6) is 0 Å². The number of nitrogens with one attached hydrogen (secondary N) is 2. The lowest BCUT2D eigenvalue weighted by atomic mass is 10.0. The van der Waals surface area contributed by atoms with Crippen molar-refractivity contribution in [3.63, 3.8) is 0 Å². The second-order valence-corrected chi connectivity index (χ2v) is 13.7. The SMILES string of the molecule is CCCCCCCCCCCCCCCCCC(=O)OCC(=O)NCCCCCCO[C@H]1C(O[P+](=O)O)[C@@H](CO)O[C@H]1n1ccc(=O)[nH]c1=O. The second kappa shape index (κ2) is 27.2. The van der Waals surface area contributed by atoms with Gasteiger partial charge in [-0.3, -0.25) is 23.9 Å². The standard InChI is InChI=1S/C35H60N3O11P/c1-2-3-4-5-6-7-8-9-10-11-12-13-14-15-18-21-31(42)47-27-30(41)36-23-19-16-17-20-25-46-33-32(49-50(44)45)28(26-39)48-34(33)38-24-22-29(40)37-35(38)43/h22,24,28,32-34,39H,2-21,23,25-27H2,1H3,(H2-,36,37,40,41,43,44,45)/p+1/t28-,32?,33+,34-/m1/s1. The Labute approximate surface area is 297 Å². The maximum Gasteiger partial charge on any atom is 0.695 e. The van der Waals surface area contributed by atoms with Crippen LogP contribution >= 0.6 is 8.25 Å². The third-order valence-corrected chi connectivity index (χ3v) is 9.28. The van der Waals surface area contributed by atoms with E-state index in [4.69, 9.17) is 18.7 Å². The van der Waals surface area contributed by atoms with Gasteiger partial charge in [0.25, 0.3) is 11.5 Å². The smallest absolute Gasteiger partial charge is 0.456 e. The van der Waals surface area contributed by atoms with Gasteiger partial charge in [0.1, 0.15) is 12.2 Å². The van der Waals surface area contributed by atoms with Crippen LogP contribution in [0.4, 0.5) is 0 Å². The molecule has 2 unspecified atom stereocenters. The van der Waals surface area contributed by atoms with Gasteiger partial charge in [0.15, 0.2) is 18.9 Å². The summed E-state index contributed by atoms with van der Waals surface area (Å²) in [7, 11) is -3.05. The molecule has 1 aliphatic heterocycles. The molecule has 0 aliphatic carbocycles. The lowest BCUT2D eigenvalue weighted by Gasteiger charge is -2.22. The minimum Gasteiger partial charge on any atom is -0.456 e. The van der Waals surface area contributed by atoms with Gasteiger partial charge in [0.2, 0.25) is 0 Å². The predicted octanol–water partition coefficient (Wildman–Crippen LogP) is 5.33. The summed E-state index contributed by atoms with van der Waals surface area (Å²) in [4.78, 5) is 59.3. The first kappa shape index (κ1) is 43.7. The summed E-state index contributed by atoms with van der Waals surface area (Å²) in [5.41, 5.74) is -1.37. The molecular weight excluding hydrogens is 669 g/mol. The number of aliphatic hydroxyl groups is 1. The molecule has 1 saturated heterocycles. The quantitative estimate of drug-likeness (QED) is 0.0454. The van der Waals surface area contributed by atoms with E-state index >= 15 is 0 Å². The van der Waals surface area contributed by atoms with Crippen LogP contribution in [0.15, 0.2) is 21.9 Å². The van der Waals surface area contributed by atoms with Crippen LogP contribution in [-0.2, 0) is 32.9 Å². The maximum atomic E-state index is 12.3. The molecule has 0 spiro atoms. The number of H-pyrrole nitrogens is 1. The summed E-state index contributed by atoms with van der Waals surface area (Å²) in [6.45, 7) is 2.05. The summed E-state index contributed by atoms with van der Waals surface area (Å²) in [5, 5.41) is 12.5. The Balaban J connectivity index is 1.48. The first-order valence-electron chi connectivity index (χ1n) is 18.7. The van der Waals surface area contributed by atoms with Crippen LogP contribution in [0, 0.1) is 0 Å². The van der Waals surface area contributed by atoms with Gasteiger partial charge in [0.05, 0.1) is 6.61 Å². The summed E-state index contributed by atoms with van der Waals surface area (Å²) < 4.78 is 34.3. The number of esters is 1. The molecule has 1 aromatic rings. The van der Waals surface area contributed by atoms with Crippen molar-refractivity contribution >= 4 is 20.1 Å². The van der Waals surface area contributed by atoms with Crippen molar-refractivity contribution < 1.29 is 42.9 Å². The first-order chi connectivity index (χ1) is 24.3. The minimum atomic E-state index is -3.05. The zero-order valence-electron chi connectivity index (χ0n) is 29.9. The van der Waals surface area contributed by atoms with E-state index in [1.165, 1.54) is 83.2 Å². The molecule has 5 atom stereocenters. The van der Waals surface area contributed by atoms with Crippen molar-refractivity contribution in [1.29, 1.82) is 0 Å². The van der Waals surface area contributed by atoms with Crippen LogP contribution in [0.1, 0.15) is 142 Å². The molecule has 2 heterocycles. The van der Waals surface area contributed by atoms with Crippen LogP contribution < -0.4 is 16.6 Å². The maximum absolute atomic E-state index is 12.3. The lowest BCUT2D eigenvalue weighted by molar-refractivity contribution is -0.148. The van der Waals surface area contributed by atoms with Gasteiger partial charge >= 0.3 is 19.9 Å². The largest absolute Gasteiger partial charge is 0.695 e. The fraction of sp³-hybridized carbons (Fsp3) is 0.829. The average Bonchev–Trinajstić information content (AvgIpc) is 3.42. The van der Waals surface area contributed by atoms with Crippen molar-refractivity contribution in [1.82, 2.24) is 14.9 Å². The van der Waals surface area contributed by atoms with Crippen LogP contribution in [0.3, 0.4) is 0 Å². The Morgan fingerprint density at radius 3 is 2.04 bits per heavy atom. The molecule has 286 valence electrons. The monoisotopic (exact) mass is 730 g/mol. The van der Waals surface area contributed by atoms with E-state index in [0.717, 1.165) is 42.7 Å². The van der Waals surface area contributed by atoms with Gasteiger partial charge in [0, 0.05) is 36.4 Å². The topological polar surface area (TPSA) is 195 Å². The molecule has 4 N–H and O–H groups in total. The number of hydrogen-bond donors (Lipinski definition) is 4. The van der Waals surface area contributed by atoms with E-state index in [9.17, 15) is 33.7 Å². The normalized spacial score (nSPS) is 19.1. The number of ether oxygens (including phenoxy) is 3.